The van der Waals surface area contributed by atoms with Crippen molar-refractivity contribution in [3.63, 3.8) is 0 Å². The van der Waals surface area contributed by atoms with Crippen LogP contribution < -0.4 is 16.2 Å². The molecule has 0 spiro atoms. The molecule has 0 heterocycles. The van der Waals surface area contributed by atoms with Gasteiger partial charge in [0.2, 0.25) is 0 Å². The minimum absolute atomic E-state index is 0.0285. The molecule has 2 aromatic carbocycles. The van der Waals surface area contributed by atoms with Crippen LogP contribution in [0.2, 0.25) is 0 Å². The highest BCUT2D eigenvalue weighted by atomic mass is 19.1. The number of nitrogen functional groups attached to an aromatic ring is 1. The third kappa shape index (κ3) is 2.62. The van der Waals surface area contributed by atoms with Gasteiger partial charge in [0.05, 0.1) is 11.3 Å². The van der Waals surface area contributed by atoms with E-state index in [1.807, 2.05) is 0 Å². The van der Waals surface area contributed by atoms with E-state index in [2.05, 4.69) is 0 Å². The highest BCUT2D eigenvalue weighted by Crippen LogP contribution is 2.31. The molecule has 0 bridgehead atoms. The van der Waals surface area contributed by atoms with E-state index < -0.39 is 17.5 Å². The van der Waals surface area contributed by atoms with Gasteiger partial charge in [0, 0.05) is 6.07 Å². The van der Waals surface area contributed by atoms with Crippen molar-refractivity contribution >= 4 is 11.6 Å². The molecule has 0 fully saturated rings. The number of halogens is 2. The number of amides is 1. The fraction of sp³-hybridized carbons (Fsp3) is 0. The number of para-hydroxylation sites is 1. The Morgan fingerprint density at radius 3 is 2.53 bits per heavy atom. The Kier molecular flexibility index (Phi) is 3.33. The molecule has 1 amide bonds. The zero-order chi connectivity index (χ0) is 14.0. The number of carbonyl (C=O) groups is 1. The molecule has 19 heavy (non-hydrogen) atoms. The molecule has 0 unspecified atom stereocenters. The number of rotatable bonds is 3. The lowest BCUT2D eigenvalue weighted by Gasteiger charge is -2.11. The van der Waals surface area contributed by atoms with E-state index in [9.17, 15) is 13.6 Å². The van der Waals surface area contributed by atoms with Gasteiger partial charge in [-0.25, -0.2) is 8.78 Å². The predicted molar refractivity (Wildman–Crippen MR) is 65.8 cm³/mol. The summed E-state index contributed by atoms with van der Waals surface area (Å²) in [5, 5.41) is 0. The molecule has 0 saturated carbocycles. The zero-order valence-corrected chi connectivity index (χ0v) is 9.69. The third-order valence-electron chi connectivity index (χ3n) is 2.44. The molecule has 0 saturated heterocycles. The summed E-state index contributed by atoms with van der Waals surface area (Å²) in [6, 6.07) is 7.08. The lowest BCUT2D eigenvalue weighted by Crippen LogP contribution is -2.13. The van der Waals surface area contributed by atoms with Crippen LogP contribution in [0.1, 0.15) is 10.4 Å². The van der Waals surface area contributed by atoms with Crippen LogP contribution >= 0.6 is 0 Å². The van der Waals surface area contributed by atoms with Crippen LogP contribution in [0.3, 0.4) is 0 Å². The molecule has 0 atom stereocenters. The second-order valence-electron chi connectivity index (χ2n) is 3.76. The second-order valence-corrected chi connectivity index (χ2v) is 3.76. The molecule has 4 nitrogen and oxygen atoms in total. The maximum atomic E-state index is 13.4. The first-order valence-electron chi connectivity index (χ1n) is 5.30. The van der Waals surface area contributed by atoms with Crippen molar-refractivity contribution in [1.82, 2.24) is 0 Å². The summed E-state index contributed by atoms with van der Waals surface area (Å²) in [5.74, 6) is -2.43. The monoisotopic (exact) mass is 264 g/mol. The third-order valence-corrected chi connectivity index (χ3v) is 2.44. The van der Waals surface area contributed by atoms with E-state index >= 15 is 0 Å². The summed E-state index contributed by atoms with van der Waals surface area (Å²) in [7, 11) is 0. The summed E-state index contributed by atoms with van der Waals surface area (Å²) in [6.07, 6.45) is 0. The fourth-order valence-electron chi connectivity index (χ4n) is 1.52. The molecule has 2 rings (SSSR count). The first-order chi connectivity index (χ1) is 8.99. The van der Waals surface area contributed by atoms with Crippen molar-refractivity contribution < 1.29 is 18.3 Å². The van der Waals surface area contributed by atoms with Gasteiger partial charge in [0.1, 0.15) is 5.82 Å². The smallest absolute Gasteiger partial charge is 0.250 e. The van der Waals surface area contributed by atoms with Gasteiger partial charge in [-0.3, -0.25) is 4.79 Å². The van der Waals surface area contributed by atoms with Gasteiger partial charge in [0.15, 0.2) is 17.3 Å². The highest BCUT2D eigenvalue weighted by molar-refractivity contribution is 5.99. The van der Waals surface area contributed by atoms with Crippen LogP contribution in [0.4, 0.5) is 14.5 Å². The number of hydrogen-bond donors (Lipinski definition) is 2. The standard InChI is InChI=1S/C13H10F2N2O2/c14-7-4-5-9(15)11(6-7)19-10-3-1-2-8(12(10)16)13(17)18/h1-6H,16H2,(H2,17,18). The first-order valence-corrected chi connectivity index (χ1v) is 5.30. The lowest BCUT2D eigenvalue weighted by atomic mass is 10.1. The van der Waals surface area contributed by atoms with Crippen molar-refractivity contribution in [2.75, 3.05) is 5.73 Å². The SMILES string of the molecule is NC(=O)c1cccc(Oc2cc(F)ccc2F)c1N. The average molecular weight is 264 g/mol. The van der Waals surface area contributed by atoms with Crippen molar-refractivity contribution in [1.29, 1.82) is 0 Å². The summed E-state index contributed by atoms with van der Waals surface area (Å²) >= 11 is 0. The van der Waals surface area contributed by atoms with Crippen molar-refractivity contribution in [3.8, 4) is 11.5 Å². The quantitative estimate of drug-likeness (QED) is 0.836. The number of hydrogen-bond acceptors (Lipinski definition) is 3. The minimum Gasteiger partial charge on any atom is -0.452 e. The zero-order valence-electron chi connectivity index (χ0n) is 9.69. The van der Waals surface area contributed by atoms with Gasteiger partial charge in [-0.15, -0.1) is 0 Å². The van der Waals surface area contributed by atoms with Gasteiger partial charge in [0.25, 0.3) is 5.91 Å². The largest absolute Gasteiger partial charge is 0.452 e. The van der Waals surface area contributed by atoms with Crippen molar-refractivity contribution in [2.45, 2.75) is 0 Å². The summed E-state index contributed by atoms with van der Waals surface area (Å²) in [6.45, 7) is 0. The lowest BCUT2D eigenvalue weighted by molar-refractivity contribution is 0.100. The number of anilines is 1. The Balaban J connectivity index is 2.41. The molecular formula is C13H10F2N2O2. The van der Waals surface area contributed by atoms with Crippen LogP contribution in [0, 0.1) is 11.6 Å². The Bertz CT molecular complexity index is 645. The molecule has 0 aliphatic rings. The molecular weight excluding hydrogens is 254 g/mol. The minimum atomic E-state index is -0.745. The molecule has 0 aliphatic heterocycles. The maximum Gasteiger partial charge on any atom is 0.250 e. The summed E-state index contributed by atoms with van der Waals surface area (Å²) < 4.78 is 31.6. The Morgan fingerprint density at radius 2 is 1.84 bits per heavy atom. The number of primary amides is 1. The fourth-order valence-corrected chi connectivity index (χ4v) is 1.52. The normalized spacial score (nSPS) is 10.2. The predicted octanol–water partition coefficient (Wildman–Crippen LogP) is 2.44. The van der Waals surface area contributed by atoms with Crippen LogP contribution in [0.25, 0.3) is 0 Å². The molecule has 98 valence electrons. The van der Waals surface area contributed by atoms with Gasteiger partial charge >= 0.3 is 0 Å². The van der Waals surface area contributed by atoms with Gasteiger partial charge in [-0.05, 0) is 24.3 Å². The van der Waals surface area contributed by atoms with E-state index in [1.54, 1.807) is 0 Å². The number of carbonyl (C=O) groups excluding carboxylic acids is 1. The first kappa shape index (κ1) is 12.8. The van der Waals surface area contributed by atoms with Gasteiger partial charge < -0.3 is 16.2 Å². The van der Waals surface area contributed by atoms with Crippen molar-refractivity contribution in [2.24, 2.45) is 5.73 Å². The van der Waals surface area contributed by atoms with Crippen LogP contribution in [-0.2, 0) is 0 Å². The van der Waals surface area contributed by atoms with Crippen LogP contribution in [0.15, 0.2) is 36.4 Å². The Morgan fingerprint density at radius 1 is 1.11 bits per heavy atom. The van der Waals surface area contributed by atoms with E-state index in [0.29, 0.717) is 0 Å². The average Bonchev–Trinajstić information content (AvgIpc) is 2.36. The van der Waals surface area contributed by atoms with E-state index in [-0.39, 0.29) is 22.7 Å². The molecule has 2 aromatic rings. The molecule has 4 N–H and O–H groups in total. The summed E-state index contributed by atoms with van der Waals surface area (Å²) in [5.41, 5.74) is 10.8. The molecule has 0 aliphatic carbocycles. The molecule has 6 heteroatoms. The van der Waals surface area contributed by atoms with E-state index in [1.165, 1.54) is 18.2 Å². The van der Waals surface area contributed by atoms with Crippen LogP contribution in [0.5, 0.6) is 11.5 Å². The molecule has 0 radical (unpaired) electrons. The van der Waals surface area contributed by atoms with Gasteiger partial charge in [-0.1, -0.05) is 6.07 Å². The second kappa shape index (κ2) is 4.93. The number of benzene rings is 2. The Labute approximate surface area is 107 Å². The van der Waals surface area contributed by atoms with E-state index in [0.717, 1.165) is 18.2 Å². The number of nitrogens with two attached hydrogens (primary N) is 2. The summed E-state index contributed by atoms with van der Waals surface area (Å²) in [4.78, 5) is 11.1. The molecule has 0 aromatic heterocycles. The maximum absolute atomic E-state index is 13.4. The highest BCUT2D eigenvalue weighted by Gasteiger charge is 2.13. The topological polar surface area (TPSA) is 78.3 Å². The Hall–Kier alpha value is -2.63. The van der Waals surface area contributed by atoms with E-state index in [4.69, 9.17) is 16.2 Å². The number of ether oxygens (including phenoxy) is 1. The van der Waals surface area contributed by atoms with Gasteiger partial charge in [-0.2, -0.15) is 0 Å². The van der Waals surface area contributed by atoms with Crippen LogP contribution in [-0.4, -0.2) is 5.91 Å². The van der Waals surface area contributed by atoms with Crippen molar-refractivity contribution in [3.05, 3.63) is 53.6 Å².